The number of rotatable bonds is 1. The van der Waals surface area contributed by atoms with Gasteiger partial charge in [0.05, 0.1) is 11.1 Å². The smallest absolute Gasteiger partial charge is 0.271 e. The number of nitro groups is 1. The maximum Gasteiger partial charge on any atom is 0.294 e. The molecule has 0 aliphatic carbocycles. The first-order valence-electron chi connectivity index (χ1n) is 3.35. The number of non-ortho nitro benzene ring substituents is 1. The molecular formula is C7H5KN3O2. The molecule has 0 bridgehead atoms. The Morgan fingerprint density at radius 3 is 2.92 bits per heavy atom. The van der Waals surface area contributed by atoms with Crippen molar-refractivity contribution in [2.24, 2.45) is 0 Å². The molecule has 0 saturated carbocycles. The number of nitrogens with zero attached hydrogens (tertiary/aromatic N) is 2. The van der Waals surface area contributed by atoms with Gasteiger partial charge in [0.1, 0.15) is 5.52 Å². The third kappa shape index (κ3) is 1.97. The first kappa shape index (κ1) is 10.8. The van der Waals surface area contributed by atoms with Crippen molar-refractivity contribution in [3.63, 3.8) is 0 Å². The van der Waals surface area contributed by atoms with Crippen LogP contribution in [-0.4, -0.2) is 66.5 Å². The molecule has 1 N–H and O–H groups in total. The number of H-pyrrole nitrogens is 1. The van der Waals surface area contributed by atoms with Crippen LogP contribution in [-0.2, 0) is 0 Å². The van der Waals surface area contributed by atoms with Gasteiger partial charge in [-0.15, -0.1) is 0 Å². The summed E-state index contributed by atoms with van der Waals surface area (Å²) in [5.74, 6) is 0. The van der Waals surface area contributed by atoms with Crippen LogP contribution in [0, 0.1) is 10.1 Å². The van der Waals surface area contributed by atoms with E-state index in [0.29, 0.717) is 5.52 Å². The second kappa shape index (κ2) is 4.29. The van der Waals surface area contributed by atoms with Crippen LogP contribution in [0.4, 0.5) is 5.69 Å². The minimum absolute atomic E-state index is 0. The van der Waals surface area contributed by atoms with E-state index in [4.69, 9.17) is 0 Å². The minimum Gasteiger partial charge on any atom is -0.271 e. The predicted octanol–water partition coefficient (Wildman–Crippen LogP) is 1.09. The fraction of sp³-hybridized carbons (Fsp3) is 0. The fourth-order valence-corrected chi connectivity index (χ4v) is 1.11. The Morgan fingerprint density at radius 2 is 2.23 bits per heavy atom. The van der Waals surface area contributed by atoms with Gasteiger partial charge in [0.2, 0.25) is 0 Å². The number of nitro benzene ring substituents is 1. The quantitative estimate of drug-likeness (QED) is 0.427. The van der Waals surface area contributed by atoms with Gasteiger partial charge in [0.25, 0.3) is 5.69 Å². The van der Waals surface area contributed by atoms with E-state index in [9.17, 15) is 10.1 Å². The minimum atomic E-state index is -0.430. The number of para-hydroxylation sites is 1. The molecule has 0 amide bonds. The maximum absolute atomic E-state index is 10.5. The van der Waals surface area contributed by atoms with Gasteiger partial charge >= 0.3 is 0 Å². The van der Waals surface area contributed by atoms with Crippen LogP contribution in [0.3, 0.4) is 0 Å². The van der Waals surface area contributed by atoms with Crippen molar-refractivity contribution in [1.29, 1.82) is 0 Å². The summed E-state index contributed by atoms with van der Waals surface area (Å²) in [5.41, 5.74) is 0.535. The van der Waals surface area contributed by atoms with Gasteiger partial charge < -0.3 is 0 Å². The van der Waals surface area contributed by atoms with Gasteiger partial charge in [-0.25, -0.2) is 0 Å². The first-order chi connectivity index (χ1) is 5.79. The van der Waals surface area contributed by atoms with Gasteiger partial charge in [0.15, 0.2) is 0 Å². The average molecular weight is 202 g/mol. The van der Waals surface area contributed by atoms with E-state index < -0.39 is 4.92 Å². The molecule has 61 valence electrons. The molecule has 1 aromatic carbocycles. The van der Waals surface area contributed by atoms with Crippen molar-refractivity contribution in [2.75, 3.05) is 0 Å². The Labute approximate surface area is 116 Å². The van der Waals surface area contributed by atoms with Crippen molar-refractivity contribution in [3.8, 4) is 0 Å². The largest absolute Gasteiger partial charge is 0.294 e. The van der Waals surface area contributed by atoms with Gasteiger partial charge in [-0.05, 0) is 0 Å². The van der Waals surface area contributed by atoms with Crippen LogP contribution in [0.15, 0.2) is 24.4 Å². The molecule has 13 heavy (non-hydrogen) atoms. The fourth-order valence-electron chi connectivity index (χ4n) is 1.11. The number of nitrogens with one attached hydrogen (secondary N) is 1. The molecule has 0 fully saturated rings. The van der Waals surface area contributed by atoms with E-state index >= 15 is 0 Å². The summed E-state index contributed by atoms with van der Waals surface area (Å²) >= 11 is 0. The van der Waals surface area contributed by atoms with Gasteiger partial charge in [-0.2, -0.15) is 5.10 Å². The molecule has 0 saturated heterocycles. The molecule has 0 aliphatic heterocycles. The van der Waals surface area contributed by atoms with Crippen LogP contribution in [0.5, 0.6) is 0 Å². The van der Waals surface area contributed by atoms with E-state index in [1.807, 2.05) is 0 Å². The van der Waals surface area contributed by atoms with Crippen LogP contribution in [0.2, 0.25) is 0 Å². The topological polar surface area (TPSA) is 71.8 Å². The van der Waals surface area contributed by atoms with E-state index in [-0.39, 0.29) is 57.1 Å². The summed E-state index contributed by atoms with van der Waals surface area (Å²) in [6.07, 6.45) is 1.56. The first-order valence-corrected chi connectivity index (χ1v) is 3.35. The Hall–Kier alpha value is -0.274. The number of benzene rings is 1. The Kier molecular flexibility index (Phi) is 3.57. The van der Waals surface area contributed by atoms with E-state index in [0.717, 1.165) is 5.39 Å². The second-order valence-electron chi connectivity index (χ2n) is 2.37. The van der Waals surface area contributed by atoms with E-state index in [1.54, 1.807) is 18.3 Å². The zero-order chi connectivity index (χ0) is 8.55. The van der Waals surface area contributed by atoms with Crippen molar-refractivity contribution in [1.82, 2.24) is 10.2 Å². The zero-order valence-electron chi connectivity index (χ0n) is 7.02. The molecule has 0 spiro atoms. The molecule has 6 heteroatoms. The summed E-state index contributed by atoms with van der Waals surface area (Å²) in [5, 5.41) is 17.5. The molecule has 1 radical (unpaired) electrons. The Morgan fingerprint density at radius 1 is 1.46 bits per heavy atom. The number of aromatic nitrogens is 2. The summed E-state index contributed by atoms with van der Waals surface area (Å²) in [6, 6.07) is 4.85. The number of aromatic amines is 1. The standard InChI is InChI=1S/C7H5N3O2.K/c11-10(12)6-3-1-2-5-4-8-9-7(5)6;/h1-4H,(H,8,9);. The third-order valence-corrected chi connectivity index (χ3v) is 1.65. The normalized spacial score (nSPS) is 9.54. The molecule has 0 atom stereocenters. The summed E-state index contributed by atoms with van der Waals surface area (Å²) < 4.78 is 0. The van der Waals surface area contributed by atoms with Crippen molar-refractivity contribution in [3.05, 3.63) is 34.5 Å². The van der Waals surface area contributed by atoms with Crippen molar-refractivity contribution in [2.45, 2.75) is 0 Å². The van der Waals surface area contributed by atoms with Gasteiger partial charge in [-0.3, -0.25) is 15.2 Å². The van der Waals surface area contributed by atoms with E-state index in [1.165, 1.54) is 6.07 Å². The molecule has 2 aromatic rings. The molecule has 0 aliphatic rings. The summed E-state index contributed by atoms with van der Waals surface area (Å²) in [4.78, 5) is 10.0. The monoisotopic (exact) mass is 202 g/mol. The number of hydrogen-bond donors (Lipinski definition) is 1. The van der Waals surface area contributed by atoms with Crippen LogP contribution in [0.25, 0.3) is 10.9 Å². The molecule has 2 rings (SSSR count). The van der Waals surface area contributed by atoms with Gasteiger partial charge in [0, 0.05) is 62.8 Å². The predicted molar refractivity (Wildman–Crippen MR) is 48.5 cm³/mol. The molecule has 5 nitrogen and oxygen atoms in total. The van der Waals surface area contributed by atoms with Crippen LogP contribution >= 0.6 is 0 Å². The zero-order valence-corrected chi connectivity index (χ0v) is 10.1. The van der Waals surface area contributed by atoms with Crippen molar-refractivity contribution < 1.29 is 4.92 Å². The number of fused-ring (bicyclic) bond motifs is 1. The second-order valence-corrected chi connectivity index (χ2v) is 2.37. The van der Waals surface area contributed by atoms with E-state index in [2.05, 4.69) is 10.2 Å². The maximum atomic E-state index is 10.5. The molecule has 0 unspecified atom stereocenters. The van der Waals surface area contributed by atoms with Crippen LogP contribution < -0.4 is 0 Å². The van der Waals surface area contributed by atoms with Crippen LogP contribution in [0.1, 0.15) is 0 Å². The van der Waals surface area contributed by atoms with Gasteiger partial charge in [-0.1, -0.05) is 12.1 Å². The average Bonchev–Trinajstić information content (AvgIpc) is 2.49. The molecular weight excluding hydrogens is 197 g/mol. The number of hydrogen-bond acceptors (Lipinski definition) is 3. The van der Waals surface area contributed by atoms with Crippen molar-refractivity contribution >= 4 is 68.0 Å². The third-order valence-electron chi connectivity index (χ3n) is 1.65. The molecule has 1 heterocycles. The Balaban J connectivity index is 0.000000845. The summed E-state index contributed by atoms with van der Waals surface area (Å²) in [6.45, 7) is 0. The summed E-state index contributed by atoms with van der Waals surface area (Å²) in [7, 11) is 0. The SMILES string of the molecule is O=[N+]([O-])c1cccc2cn[nH]c12.[K]. The molecule has 1 aromatic heterocycles. The Bertz CT molecular complexity index is 440.